The number of pyridine rings is 1. The maximum Gasteiger partial charge on any atom is 0.381 e. The molecule has 3 aromatic rings. The van der Waals surface area contributed by atoms with E-state index in [1.54, 1.807) is 44.2 Å². The molecule has 0 radical (unpaired) electrons. The van der Waals surface area contributed by atoms with Crippen molar-refractivity contribution in [3.63, 3.8) is 0 Å². The summed E-state index contributed by atoms with van der Waals surface area (Å²) in [5.74, 6) is 0.341. The van der Waals surface area contributed by atoms with Gasteiger partial charge in [0.15, 0.2) is 5.15 Å². The molecular formula is C31H30Cl5N2O6PS. The highest BCUT2D eigenvalue weighted by Gasteiger charge is 2.62. The van der Waals surface area contributed by atoms with Crippen LogP contribution in [0.2, 0.25) is 15.2 Å². The summed E-state index contributed by atoms with van der Waals surface area (Å²) >= 11 is 34.1. The number of hydrogen-bond donors (Lipinski definition) is 0. The zero-order valence-corrected chi connectivity index (χ0v) is 30.6. The summed E-state index contributed by atoms with van der Waals surface area (Å²) in [4.78, 5) is 16.5. The molecule has 0 aliphatic heterocycles. The molecule has 246 valence electrons. The Balaban J connectivity index is 0.000000277. The van der Waals surface area contributed by atoms with E-state index in [1.165, 1.54) is 6.07 Å². The smallest absolute Gasteiger partial charge is 0.381 e. The number of nitrogens with zero attached hydrogens (tertiary/aromatic N) is 2. The van der Waals surface area contributed by atoms with Crippen molar-refractivity contribution in [2.45, 2.75) is 33.8 Å². The molecule has 3 unspecified atom stereocenters. The Bertz CT molecular complexity index is 1630. The van der Waals surface area contributed by atoms with Crippen molar-refractivity contribution in [2.75, 3.05) is 13.2 Å². The van der Waals surface area contributed by atoms with Gasteiger partial charge < -0.3 is 14.0 Å². The van der Waals surface area contributed by atoms with Crippen LogP contribution in [-0.2, 0) is 30.4 Å². The van der Waals surface area contributed by atoms with Crippen LogP contribution in [-0.4, -0.2) is 24.2 Å². The molecule has 1 saturated carbocycles. The molecule has 2 aromatic carbocycles. The van der Waals surface area contributed by atoms with Crippen LogP contribution in [0, 0.1) is 28.6 Å². The monoisotopic (exact) mass is 764 g/mol. The van der Waals surface area contributed by atoms with Crippen molar-refractivity contribution in [1.82, 2.24) is 4.98 Å². The lowest BCUT2D eigenvalue weighted by molar-refractivity contribution is -0.149. The largest absolute Gasteiger partial charge is 0.457 e. The first kappa shape index (κ1) is 38.4. The molecule has 4 rings (SSSR count). The van der Waals surface area contributed by atoms with Gasteiger partial charge in [-0.3, -0.25) is 13.8 Å². The van der Waals surface area contributed by atoms with Crippen LogP contribution < -0.4 is 9.26 Å². The van der Waals surface area contributed by atoms with Crippen LogP contribution in [0.4, 0.5) is 0 Å². The van der Waals surface area contributed by atoms with Crippen LogP contribution in [0.5, 0.6) is 17.4 Å². The number of para-hydroxylation sites is 1. The van der Waals surface area contributed by atoms with E-state index in [-0.39, 0.29) is 42.8 Å². The SMILES string of the molecule is CC1(C)C(C=C(Cl)Cl)C1C(=O)OC(C#N)c1cccc(Oc2ccccc2)c1.CCOP(=S)(OCC)Oc1nc(Cl)c(Cl)cc1Cl. The minimum Gasteiger partial charge on any atom is -0.457 e. The third kappa shape index (κ3) is 10.7. The number of ether oxygens (including phenoxy) is 2. The van der Waals surface area contributed by atoms with E-state index in [2.05, 4.69) is 4.98 Å². The highest BCUT2D eigenvalue weighted by atomic mass is 35.5. The van der Waals surface area contributed by atoms with E-state index in [1.807, 2.05) is 50.2 Å². The average molecular weight is 767 g/mol. The average Bonchev–Trinajstić information content (AvgIpc) is 3.54. The molecule has 0 saturated heterocycles. The Hall–Kier alpha value is -2.09. The fourth-order valence-corrected chi connectivity index (χ4v) is 7.16. The van der Waals surface area contributed by atoms with E-state index in [9.17, 15) is 10.1 Å². The van der Waals surface area contributed by atoms with Gasteiger partial charge in [-0.1, -0.05) is 102 Å². The lowest BCUT2D eigenvalue weighted by Gasteiger charge is -2.20. The molecule has 1 heterocycles. The van der Waals surface area contributed by atoms with Gasteiger partial charge in [0.2, 0.25) is 12.0 Å². The van der Waals surface area contributed by atoms with Crippen molar-refractivity contribution in [3.8, 4) is 23.4 Å². The summed E-state index contributed by atoms with van der Waals surface area (Å²) in [6.07, 6.45) is 0.615. The summed E-state index contributed by atoms with van der Waals surface area (Å²) < 4.78 is 27.5. The fourth-order valence-electron chi connectivity index (χ4n) is 4.30. The van der Waals surface area contributed by atoms with Gasteiger partial charge >= 0.3 is 12.7 Å². The normalized spacial score (nSPS) is 17.0. The number of rotatable bonds is 12. The Kier molecular flexibility index (Phi) is 14.5. The molecule has 0 spiro atoms. The lowest BCUT2D eigenvalue weighted by Crippen LogP contribution is -2.14. The van der Waals surface area contributed by atoms with Crippen LogP contribution >= 0.6 is 64.7 Å². The van der Waals surface area contributed by atoms with Crippen molar-refractivity contribution in [1.29, 1.82) is 5.26 Å². The minimum atomic E-state index is -2.92. The molecule has 0 bridgehead atoms. The summed E-state index contributed by atoms with van der Waals surface area (Å²) in [7, 11) is 0. The van der Waals surface area contributed by atoms with Crippen molar-refractivity contribution >= 4 is 82.5 Å². The zero-order valence-electron chi connectivity index (χ0n) is 25.1. The van der Waals surface area contributed by atoms with Crippen LogP contribution in [0.25, 0.3) is 0 Å². The molecule has 1 aromatic heterocycles. The number of aromatic nitrogens is 1. The van der Waals surface area contributed by atoms with Crippen molar-refractivity contribution in [3.05, 3.63) is 92.0 Å². The van der Waals surface area contributed by atoms with Gasteiger partial charge in [-0.05, 0) is 61.6 Å². The molecule has 1 aliphatic carbocycles. The van der Waals surface area contributed by atoms with Crippen LogP contribution in [0.3, 0.4) is 0 Å². The second-order valence-corrected chi connectivity index (χ2v) is 15.3. The summed E-state index contributed by atoms with van der Waals surface area (Å²) in [6.45, 7) is 5.24. The van der Waals surface area contributed by atoms with Gasteiger partial charge in [0, 0.05) is 17.4 Å². The second kappa shape index (κ2) is 17.3. The van der Waals surface area contributed by atoms with E-state index >= 15 is 0 Å². The van der Waals surface area contributed by atoms with Gasteiger partial charge in [-0.2, -0.15) is 10.2 Å². The molecule has 8 nitrogen and oxygen atoms in total. The first-order valence-electron chi connectivity index (χ1n) is 13.8. The number of hydrogen-bond acceptors (Lipinski definition) is 9. The van der Waals surface area contributed by atoms with Crippen molar-refractivity contribution < 1.29 is 27.8 Å². The molecule has 15 heteroatoms. The molecule has 1 fully saturated rings. The highest BCUT2D eigenvalue weighted by Crippen LogP contribution is 2.60. The predicted octanol–water partition coefficient (Wildman–Crippen LogP) is 10.9. The quantitative estimate of drug-likeness (QED) is 0.101. The second-order valence-electron chi connectivity index (χ2n) is 10.1. The van der Waals surface area contributed by atoms with E-state index in [4.69, 9.17) is 92.9 Å². The summed E-state index contributed by atoms with van der Waals surface area (Å²) in [5, 5.41) is 10.0. The molecule has 3 atom stereocenters. The Morgan fingerprint density at radius 1 is 1.02 bits per heavy atom. The van der Waals surface area contributed by atoms with Gasteiger partial charge in [0.1, 0.15) is 27.1 Å². The maximum absolute atomic E-state index is 12.6. The Labute approximate surface area is 298 Å². The van der Waals surface area contributed by atoms with E-state index in [0.29, 0.717) is 30.3 Å². The number of carbonyl (C=O) groups is 1. The number of benzene rings is 2. The van der Waals surface area contributed by atoms with E-state index in [0.717, 1.165) is 0 Å². The third-order valence-electron chi connectivity index (χ3n) is 6.59. The minimum absolute atomic E-state index is 0.0521. The summed E-state index contributed by atoms with van der Waals surface area (Å²) in [5.41, 5.74) is 0.231. The Morgan fingerprint density at radius 2 is 1.65 bits per heavy atom. The van der Waals surface area contributed by atoms with Gasteiger partial charge in [-0.25, -0.2) is 0 Å². The number of esters is 1. The molecule has 0 N–H and O–H groups in total. The first-order valence-corrected chi connectivity index (χ1v) is 18.2. The molecule has 1 aliphatic rings. The molecule has 46 heavy (non-hydrogen) atoms. The lowest BCUT2D eigenvalue weighted by atomic mass is 10.1. The van der Waals surface area contributed by atoms with Gasteiger partial charge in [-0.15, -0.1) is 0 Å². The van der Waals surface area contributed by atoms with Crippen molar-refractivity contribution in [2.24, 2.45) is 17.3 Å². The Morgan fingerprint density at radius 3 is 2.24 bits per heavy atom. The maximum atomic E-state index is 12.6. The zero-order chi connectivity index (χ0) is 34.1. The van der Waals surface area contributed by atoms with Gasteiger partial charge in [0.05, 0.1) is 24.2 Å². The summed E-state index contributed by atoms with van der Waals surface area (Å²) in [6, 6.07) is 19.7. The van der Waals surface area contributed by atoms with E-state index < -0.39 is 18.8 Å². The number of nitriles is 1. The number of carbonyl (C=O) groups excluding carboxylic acids is 1. The number of halogens is 5. The predicted molar refractivity (Wildman–Crippen MR) is 185 cm³/mol. The fraction of sp³-hybridized carbons (Fsp3) is 0.323. The van der Waals surface area contributed by atoms with Crippen LogP contribution in [0.1, 0.15) is 39.4 Å². The highest BCUT2D eigenvalue weighted by molar-refractivity contribution is 8.07. The van der Waals surface area contributed by atoms with Crippen LogP contribution in [0.15, 0.2) is 71.2 Å². The number of allylic oxidation sites excluding steroid dienone is 1. The van der Waals surface area contributed by atoms with Gasteiger partial charge in [0.25, 0.3) is 0 Å². The molecular weight excluding hydrogens is 737 g/mol. The third-order valence-corrected chi connectivity index (χ3v) is 10.2. The standard InChI is InChI=1S/C22H19Cl2NO3.C9H11Cl3NO3PS/c1-22(2)17(12-19(23)24)20(22)21(26)28-18(13-25)14-7-6-10-16(11-14)27-15-8-4-3-5-9-15;1-3-14-17(18,15-4-2)16-9-7(11)5-6(10)8(12)13-9/h3-12,17-18,20H,1-2H3;5H,3-4H2,1-2H3. The topological polar surface area (TPSA) is 99.9 Å². The molecule has 0 amide bonds. The first-order chi connectivity index (χ1) is 21.7.